The van der Waals surface area contributed by atoms with Crippen molar-refractivity contribution >= 4 is 11.8 Å². The quantitative estimate of drug-likeness (QED) is 0.828. The van der Waals surface area contributed by atoms with E-state index in [0.717, 1.165) is 18.1 Å². The molecule has 2 N–H and O–H groups in total. The average Bonchev–Trinajstić information content (AvgIpc) is 2.81. The zero-order chi connectivity index (χ0) is 10.5. The van der Waals surface area contributed by atoms with Crippen molar-refractivity contribution < 1.29 is 4.52 Å². The second-order valence-corrected chi connectivity index (χ2v) is 6.14. The number of hydrogen-bond donors (Lipinski definition) is 1. The van der Waals surface area contributed by atoms with Crippen LogP contribution in [-0.4, -0.2) is 21.1 Å². The topological polar surface area (TPSA) is 64.9 Å². The highest BCUT2D eigenvalue weighted by Gasteiger charge is 2.41. The molecule has 2 atom stereocenters. The molecule has 0 radical (unpaired) electrons. The molecule has 1 saturated heterocycles. The third-order valence-corrected chi connectivity index (χ3v) is 4.51. The number of thioether (sulfide) groups is 1. The van der Waals surface area contributed by atoms with E-state index in [2.05, 4.69) is 17.1 Å². The van der Waals surface area contributed by atoms with E-state index in [1.165, 1.54) is 12.8 Å². The van der Waals surface area contributed by atoms with Crippen LogP contribution in [0.2, 0.25) is 0 Å². The first-order valence-electron chi connectivity index (χ1n) is 5.42. The number of hydrogen-bond acceptors (Lipinski definition) is 5. The maximum Gasteiger partial charge on any atom is 0.229 e. The summed E-state index contributed by atoms with van der Waals surface area (Å²) in [5, 5.41) is 4.64. The minimum Gasteiger partial charge on any atom is -0.339 e. The van der Waals surface area contributed by atoms with E-state index >= 15 is 0 Å². The monoisotopic (exact) mass is 225 g/mol. The van der Waals surface area contributed by atoms with Gasteiger partial charge in [0.2, 0.25) is 5.89 Å². The van der Waals surface area contributed by atoms with E-state index in [0.29, 0.717) is 17.0 Å². The third-order valence-electron chi connectivity index (χ3n) is 3.09. The fourth-order valence-corrected chi connectivity index (χ4v) is 3.26. The Morgan fingerprint density at radius 1 is 1.53 bits per heavy atom. The van der Waals surface area contributed by atoms with Gasteiger partial charge in [0.25, 0.3) is 0 Å². The van der Waals surface area contributed by atoms with Gasteiger partial charge >= 0.3 is 0 Å². The molecule has 82 valence electrons. The Morgan fingerprint density at radius 2 is 2.33 bits per heavy atom. The Kier molecular flexibility index (Phi) is 2.07. The molecule has 1 aromatic rings. The second kappa shape index (κ2) is 3.22. The molecule has 0 amide bonds. The highest BCUT2D eigenvalue weighted by Crippen LogP contribution is 2.42. The first-order valence-corrected chi connectivity index (χ1v) is 6.47. The standard InChI is InChI=1S/C10H15N3OS/c1-6-4-10(11,5-15-6)9-12-8(14-13-9)7-2-3-7/h6-7H,2-5,11H2,1H3. The molecule has 0 bridgehead atoms. The van der Waals surface area contributed by atoms with E-state index < -0.39 is 0 Å². The zero-order valence-electron chi connectivity index (χ0n) is 8.77. The first-order chi connectivity index (χ1) is 7.17. The van der Waals surface area contributed by atoms with Gasteiger partial charge in [-0.1, -0.05) is 12.1 Å². The Morgan fingerprint density at radius 3 is 2.93 bits per heavy atom. The minimum atomic E-state index is -0.360. The normalized spacial score (nSPS) is 36.0. The van der Waals surface area contributed by atoms with Gasteiger partial charge in [-0.3, -0.25) is 0 Å². The van der Waals surface area contributed by atoms with Crippen molar-refractivity contribution in [2.45, 2.75) is 42.9 Å². The molecular weight excluding hydrogens is 210 g/mol. The summed E-state index contributed by atoms with van der Waals surface area (Å²) in [6.07, 6.45) is 3.32. The smallest absolute Gasteiger partial charge is 0.229 e. The minimum absolute atomic E-state index is 0.360. The maximum absolute atomic E-state index is 6.30. The molecular formula is C10H15N3OS. The Balaban J connectivity index is 1.84. The van der Waals surface area contributed by atoms with Gasteiger partial charge in [0.1, 0.15) is 0 Å². The summed E-state index contributed by atoms with van der Waals surface area (Å²) in [6, 6.07) is 0. The number of aromatic nitrogens is 2. The van der Waals surface area contributed by atoms with Crippen LogP contribution in [0, 0.1) is 0 Å². The van der Waals surface area contributed by atoms with Crippen molar-refractivity contribution in [2.24, 2.45) is 5.73 Å². The predicted molar refractivity (Wildman–Crippen MR) is 58.7 cm³/mol. The van der Waals surface area contributed by atoms with Gasteiger partial charge in [0, 0.05) is 16.9 Å². The van der Waals surface area contributed by atoms with Gasteiger partial charge in [0.05, 0.1) is 5.54 Å². The summed E-state index contributed by atoms with van der Waals surface area (Å²) in [4.78, 5) is 4.44. The molecule has 15 heavy (non-hydrogen) atoms. The van der Waals surface area contributed by atoms with Crippen molar-refractivity contribution in [3.8, 4) is 0 Å². The van der Waals surface area contributed by atoms with Crippen molar-refractivity contribution in [2.75, 3.05) is 5.75 Å². The lowest BCUT2D eigenvalue weighted by atomic mass is 9.97. The van der Waals surface area contributed by atoms with Crippen molar-refractivity contribution in [3.05, 3.63) is 11.7 Å². The molecule has 2 fully saturated rings. The lowest BCUT2D eigenvalue weighted by Crippen LogP contribution is -2.38. The number of rotatable bonds is 2. The van der Waals surface area contributed by atoms with Crippen LogP contribution in [0.15, 0.2) is 4.52 Å². The van der Waals surface area contributed by atoms with Gasteiger partial charge in [-0.05, 0) is 19.3 Å². The van der Waals surface area contributed by atoms with E-state index in [-0.39, 0.29) is 5.54 Å². The highest BCUT2D eigenvalue weighted by molar-refractivity contribution is 8.00. The summed E-state index contributed by atoms with van der Waals surface area (Å²) < 4.78 is 5.25. The molecule has 4 nitrogen and oxygen atoms in total. The second-order valence-electron chi connectivity index (χ2n) is 4.71. The van der Waals surface area contributed by atoms with E-state index in [1.54, 1.807) is 0 Å². The Bertz CT molecular complexity index is 376. The number of nitrogens with zero attached hydrogens (tertiary/aromatic N) is 2. The summed E-state index contributed by atoms with van der Waals surface area (Å²) in [5.74, 6) is 2.92. The predicted octanol–water partition coefficient (Wildman–Crippen LogP) is 1.63. The van der Waals surface area contributed by atoms with E-state index in [4.69, 9.17) is 10.3 Å². The van der Waals surface area contributed by atoms with Gasteiger partial charge in [-0.2, -0.15) is 16.7 Å². The van der Waals surface area contributed by atoms with Gasteiger partial charge in [-0.25, -0.2) is 0 Å². The number of nitrogens with two attached hydrogens (primary N) is 1. The largest absolute Gasteiger partial charge is 0.339 e. The molecule has 1 saturated carbocycles. The zero-order valence-corrected chi connectivity index (χ0v) is 9.59. The van der Waals surface area contributed by atoms with Crippen molar-refractivity contribution in [3.63, 3.8) is 0 Å². The van der Waals surface area contributed by atoms with Gasteiger partial charge in [0.15, 0.2) is 5.82 Å². The van der Waals surface area contributed by atoms with Gasteiger partial charge < -0.3 is 10.3 Å². The van der Waals surface area contributed by atoms with Crippen LogP contribution in [0.25, 0.3) is 0 Å². The van der Waals surface area contributed by atoms with Crippen molar-refractivity contribution in [1.29, 1.82) is 0 Å². The molecule has 2 aliphatic rings. The van der Waals surface area contributed by atoms with E-state index in [9.17, 15) is 0 Å². The van der Waals surface area contributed by atoms with Crippen LogP contribution in [0.4, 0.5) is 0 Å². The lowest BCUT2D eigenvalue weighted by Gasteiger charge is -2.17. The fourth-order valence-electron chi connectivity index (χ4n) is 2.01. The highest BCUT2D eigenvalue weighted by atomic mass is 32.2. The molecule has 1 aromatic heterocycles. The molecule has 2 unspecified atom stereocenters. The summed E-state index contributed by atoms with van der Waals surface area (Å²) in [7, 11) is 0. The summed E-state index contributed by atoms with van der Waals surface area (Å²) in [6.45, 7) is 2.20. The molecule has 5 heteroatoms. The van der Waals surface area contributed by atoms with Crippen LogP contribution in [-0.2, 0) is 5.54 Å². The van der Waals surface area contributed by atoms with Crippen LogP contribution < -0.4 is 5.73 Å². The van der Waals surface area contributed by atoms with Gasteiger partial charge in [-0.15, -0.1) is 0 Å². The molecule has 1 aliphatic carbocycles. The summed E-state index contributed by atoms with van der Waals surface area (Å²) >= 11 is 1.89. The lowest BCUT2D eigenvalue weighted by molar-refractivity contribution is 0.354. The molecule has 3 rings (SSSR count). The Labute approximate surface area is 93.0 Å². The fraction of sp³-hybridized carbons (Fsp3) is 0.800. The van der Waals surface area contributed by atoms with Crippen molar-refractivity contribution in [1.82, 2.24) is 10.1 Å². The maximum atomic E-state index is 6.30. The van der Waals surface area contributed by atoms with Crippen LogP contribution in [0.5, 0.6) is 0 Å². The van der Waals surface area contributed by atoms with Crippen LogP contribution >= 0.6 is 11.8 Å². The van der Waals surface area contributed by atoms with Crippen LogP contribution in [0.3, 0.4) is 0 Å². The third kappa shape index (κ3) is 1.67. The average molecular weight is 225 g/mol. The summed E-state index contributed by atoms with van der Waals surface area (Å²) in [5.41, 5.74) is 5.94. The first kappa shape index (κ1) is 9.66. The molecule has 0 aromatic carbocycles. The molecule has 2 heterocycles. The molecule has 1 aliphatic heterocycles. The SMILES string of the molecule is CC1CC(N)(c2noc(C3CC3)n2)CS1. The molecule has 0 spiro atoms. The van der Waals surface area contributed by atoms with Crippen LogP contribution in [0.1, 0.15) is 43.8 Å². The van der Waals surface area contributed by atoms with E-state index in [1.807, 2.05) is 11.8 Å². The Hall–Kier alpha value is -0.550.